The zero-order valence-electron chi connectivity index (χ0n) is 35.6. The van der Waals surface area contributed by atoms with E-state index in [1.807, 2.05) is 12.1 Å². The van der Waals surface area contributed by atoms with Gasteiger partial charge in [-0.25, -0.2) is 0 Å². The lowest BCUT2D eigenvalue weighted by molar-refractivity contribution is 0.669. The fourth-order valence-corrected chi connectivity index (χ4v) is 9.42. The number of furan rings is 1. The predicted octanol–water partition coefficient (Wildman–Crippen LogP) is 17.8. The van der Waals surface area contributed by atoms with Gasteiger partial charge in [0.2, 0.25) is 0 Å². The summed E-state index contributed by atoms with van der Waals surface area (Å²) < 4.78 is 6.29. The number of anilines is 6. The lowest BCUT2D eigenvalue weighted by Crippen LogP contribution is -2.10. The van der Waals surface area contributed by atoms with Crippen molar-refractivity contribution in [1.82, 2.24) is 0 Å². The molecule has 0 bridgehead atoms. The van der Waals surface area contributed by atoms with Crippen LogP contribution in [0.4, 0.5) is 34.1 Å². The molecule has 0 N–H and O–H groups in total. The summed E-state index contributed by atoms with van der Waals surface area (Å²) in [5.74, 6) is 0. The summed E-state index contributed by atoms with van der Waals surface area (Å²) >= 11 is 0. The van der Waals surface area contributed by atoms with Gasteiger partial charge in [-0.1, -0.05) is 176 Å². The van der Waals surface area contributed by atoms with Crippen molar-refractivity contribution in [2.45, 2.75) is 0 Å². The second-order valence-electron chi connectivity index (χ2n) is 16.5. The van der Waals surface area contributed by atoms with E-state index in [1.165, 1.54) is 43.8 Å². The van der Waals surface area contributed by atoms with Gasteiger partial charge in [0.25, 0.3) is 0 Å². The largest absolute Gasteiger partial charge is 0.456 e. The molecule has 0 radical (unpaired) electrons. The molecule has 0 saturated carbocycles. The van der Waals surface area contributed by atoms with Gasteiger partial charge >= 0.3 is 0 Å². The molecule has 1 heterocycles. The van der Waals surface area contributed by atoms with Gasteiger partial charge in [0.1, 0.15) is 11.2 Å². The van der Waals surface area contributed by atoms with E-state index in [4.69, 9.17) is 4.42 Å². The Kier molecular flexibility index (Phi) is 9.50. The SMILES string of the molecule is c1ccc(-c2ccc(N(c3ccc(-c4ccccc4)cc3)c3ccc(-c4ccc(N(c5ccc6oc7ccccc7c6c5)c5cc6ccccc6c6ccccc56)cc4)cc3)cc2)cc1. The first-order valence-corrected chi connectivity index (χ1v) is 22.2. The van der Waals surface area contributed by atoms with Crippen molar-refractivity contribution in [1.29, 1.82) is 0 Å². The molecule has 0 fully saturated rings. The zero-order valence-corrected chi connectivity index (χ0v) is 35.6. The highest BCUT2D eigenvalue weighted by Gasteiger charge is 2.20. The molecule has 3 nitrogen and oxygen atoms in total. The zero-order chi connectivity index (χ0) is 43.1. The van der Waals surface area contributed by atoms with E-state index in [2.05, 4.69) is 252 Å². The maximum atomic E-state index is 6.29. The van der Waals surface area contributed by atoms with Crippen LogP contribution in [0.1, 0.15) is 0 Å². The van der Waals surface area contributed by atoms with E-state index in [9.17, 15) is 0 Å². The first-order valence-electron chi connectivity index (χ1n) is 22.2. The second kappa shape index (κ2) is 16.2. The maximum Gasteiger partial charge on any atom is 0.135 e. The third-order valence-electron chi connectivity index (χ3n) is 12.7. The third kappa shape index (κ3) is 7.06. The molecule has 0 spiro atoms. The van der Waals surface area contributed by atoms with E-state index < -0.39 is 0 Å². The first kappa shape index (κ1) is 38.0. The molecule has 0 aliphatic heterocycles. The van der Waals surface area contributed by atoms with Crippen molar-refractivity contribution in [3.05, 3.63) is 255 Å². The smallest absolute Gasteiger partial charge is 0.135 e. The van der Waals surface area contributed by atoms with Crippen LogP contribution in [0.3, 0.4) is 0 Å². The van der Waals surface area contributed by atoms with Crippen molar-refractivity contribution in [3.63, 3.8) is 0 Å². The molecule has 12 rings (SSSR count). The van der Waals surface area contributed by atoms with Crippen LogP contribution in [0.25, 0.3) is 76.9 Å². The van der Waals surface area contributed by atoms with Crippen molar-refractivity contribution in [2.24, 2.45) is 0 Å². The highest BCUT2D eigenvalue weighted by molar-refractivity contribution is 6.15. The number of benzene rings is 11. The van der Waals surface area contributed by atoms with Crippen LogP contribution in [-0.2, 0) is 0 Å². The molecule has 0 atom stereocenters. The molecule has 0 unspecified atom stereocenters. The molecule has 0 aliphatic rings. The molecule has 0 saturated heterocycles. The van der Waals surface area contributed by atoms with Gasteiger partial charge in [-0.15, -0.1) is 0 Å². The van der Waals surface area contributed by atoms with Gasteiger partial charge < -0.3 is 14.2 Å². The Hall–Kier alpha value is -8.66. The number of nitrogens with zero attached hydrogens (tertiary/aromatic N) is 2. The molecule has 3 heteroatoms. The average molecular weight is 831 g/mol. The van der Waals surface area contributed by atoms with E-state index in [0.717, 1.165) is 67.2 Å². The monoisotopic (exact) mass is 830 g/mol. The van der Waals surface area contributed by atoms with E-state index >= 15 is 0 Å². The Morgan fingerprint density at radius 3 is 1.15 bits per heavy atom. The molecule has 11 aromatic carbocycles. The predicted molar refractivity (Wildman–Crippen MR) is 274 cm³/mol. The van der Waals surface area contributed by atoms with Crippen LogP contribution in [0.5, 0.6) is 0 Å². The summed E-state index contributed by atoms with van der Waals surface area (Å²) in [6, 6.07) is 91.4. The second-order valence-corrected chi connectivity index (χ2v) is 16.5. The Morgan fingerprint density at radius 1 is 0.231 bits per heavy atom. The number of para-hydroxylation sites is 1. The van der Waals surface area contributed by atoms with Crippen LogP contribution in [0, 0.1) is 0 Å². The molecule has 306 valence electrons. The molecule has 65 heavy (non-hydrogen) atoms. The molecule has 1 aromatic heterocycles. The molecule has 0 aliphatic carbocycles. The lowest BCUT2D eigenvalue weighted by atomic mass is 9.98. The number of hydrogen-bond donors (Lipinski definition) is 0. The fraction of sp³-hybridized carbons (Fsp3) is 0. The summed E-state index contributed by atoms with van der Waals surface area (Å²) in [6.07, 6.45) is 0. The quantitative estimate of drug-likeness (QED) is 0.135. The summed E-state index contributed by atoms with van der Waals surface area (Å²) in [5, 5.41) is 7.07. The van der Waals surface area contributed by atoms with Crippen molar-refractivity contribution in [3.8, 4) is 33.4 Å². The standard InChI is InChI=1S/C62H42N2O/c1-3-13-43(14-4-1)45-23-31-50(32-24-45)63(51-33-25-46(26-34-51)44-15-5-2-6-16-44)52-35-27-47(28-36-52)48-29-37-53(38-30-48)64(54-39-40-62-59(42-54)58-21-11-12-22-61(58)65-62)60-41-49-17-7-8-18-55(49)56-19-9-10-20-57(56)60/h1-42H. The van der Waals surface area contributed by atoms with Gasteiger partial charge in [0, 0.05) is 44.6 Å². The molecule has 12 aromatic rings. The van der Waals surface area contributed by atoms with Crippen LogP contribution in [0.15, 0.2) is 259 Å². The van der Waals surface area contributed by atoms with Gasteiger partial charge in [0.15, 0.2) is 0 Å². The maximum absolute atomic E-state index is 6.29. The van der Waals surface area contributed by atoms with Crippen LogP contribution in [0.2, 0.25) is 0 Å². The van der Waals surface area contributed by atoms with E-state index in [1.54, 1.807) is 0 Å². The van der Waals surface area contributed by atoms with Crippen LogP contribution < -0.4 is 9.80 Å². The lowest BCUT2D eigenvalue weighted by Gasteiger charge is -2.28. The Labute approximate surface area is 378 Å². The van der Waals surface area contributed by atoms with Crippen LogP contribution >= 0.6 is 0 Å². The Balaban J connectivity index is 0.924. The van der Waals surface area contributed by atoms with Crippen molar-refractivity contribution >= 4 is 77.6 Å². The van der Waals surface area contributed by atoms with Gasteiger partial charge in [0.05, 0.1) is 5.69 Å². The normalized spacial score (nSPS) is 11.4. The fourth-order valence-electron chi connectivity index (χ4n) is 9.42. The van der Waals surface area contributed by atoms with Gasteiger partial charge in [-0.05, 0) is 128 Å². The van der Waals surface area contributed by atoms with Crippen molar-refractivity contribution in [2.75, 3.05) is 9.80 Å². The number of hydrogen-bond acceptors (Lipinski definition) is 3. The van der Waals surface area contributed by atoms with E-state index in [-0.39, 0.29) is 0 Å². The topological polar surface area (TPSA) is 19.6 Å². The van der Waals surface area contributed by atoms with Gasteiger partial charge in [-0.3, -0.25) is 0 Å². The summed E-state index contributed by atoms with van der Waals surface area (Å²) in [6.45, 7) is 0. The molecule has 0 amide bonds. The highest BCUT2D eigenvalue weighted by Crippen LogP contribution is 2.44. The molecular weight excluding hydrogens is 789 g/mol. The Bertz CT molecular complexity index is 3530. The summed E-state index contributed by atoms with van der Waals surface area (Å²) in [7, 11) is 0. The minimum Gasteiger partial charge on any atom is -0.456 e. The van der Waals surface area contributed by atoms with Crippen molar-refractivity contribution < 1.29 is 4.42 Å². The van der Waals surface area contributed by atoms with E-state index in [0.29, 0.717) is 0 Å². The minimum atomic E-state index is 0.879. The summed E-state index contributed by atoms with van der Waals surface area (Å²) in [5.41, 5.74) is 15.4. The first-order chi connectivity index (χ1) is 32.2. The summed E-state index contributed by atoms with van der Waals surface area (Å²) in [4.78, 5) is 4.73. The average Bonchev–Trinajstić information content (AvgIpc) is 3.76. The van der Waals surface area contributed by atoms with Crippen LogP contribution in [-0.4, -0.2) is 0 Å². The molecular formula is C62H42N2O. The number of fused-ring (bicyclic) bond motifs is 6. The minimum absolute atomic E-state index is 0.879. The Morgan fingerprint density at radius 2 is 0.615 bits per heavy atom. The number of rotatable bonds is 9. The third-order valence-corrected chi connectivity index (χ3v) is 12.7. The van der Waals surface area contributed by atoms with Gasteiger partial charge in [-0.2, -0.15) is 0 Å². The highest BCUT2D eigenvalue weighted by atomic mass is 16.3.